The van der Waals surface area contributed by atoms with Crippen molar-refractivity contribution in [2.75, 3.05) is 12.9 Å². The Morgan fingerprint density at radius 2 is 1.82 bits per heavy atom. The molecule has 2 N–H and O–H groups in total. The minimum Gasteiger partial charge on any atom is -0.466 e. The molecule has 11 nitrogen and oxygen atoms in total. The van der Waals surface area contributed by atoms with Crippen molar-refractivity contribution < 1.29 is 36.8 Å². The van der Waals surface area contributed by atoms with Gasteiger partial charge in [0.2, 0.25) is 10.0 Å². The number of esters is 1. The fraction of sp³-hybridized carbons (Fsp3) is 0.387. The Hall–Kier alpha value is -3.42. The lowest BCUT2D eigenvalue weighted by molar-refractivity contribution is -0.138. The predicted octanol–water partition coefficient (Wildman–Crippen LogP) is 5.15. The number of carbonyl (C=O) groups excluding carboxylic acids is 3. The van der Waals surface area contributed by atoms with Gasteiger partial charge in [0.25, 0.3) is 11.8 Å². The van der Waals surface area contributed by atoms with E-state index >= 15 is 0 Å². The topological polar surface area (TPSA) is 144 Å². The Morgan fingerprint density at radius 1 is 1.07 bits per heavy atom. The van der Waals surface area contributed by atoms with Crippen molar-refractivity contribution >= 4 is 51.0 Å². The molecule has 4 atom stereocenters. The maximum atomic E-state index is 14.3. The molecule has 2 heterocycles. The quantitative estimate of drug-likeness (QED) is 0.221. The first kappa shape index (κ1) is 33.0. The molecule has 1 aromatic heterocycles. The Balaban J connectivity index is 1.52. The first-order valence-corrected chi connectivity index (χ1v) is 17.1. The van der Waals surface area contributed by atoms with E-state index in [0.29, 0.717) is 34.6 Å². The number of hydrogen-bond donors (Lipinski definition) is 2. The molecule has 1 aliphatic heterocycles. The van der Waals surface area contributed by atoms with Crippen molar-refractivity contribution in [1.82, 2.24) is 15.1 Å². The van der Waals surface area contributed by atoms with Crippen LogP contribution in [0.5, 0.6) is 0 Å². The highest BCUT2D eigenvalue weighted by Crippen LogP contribution is 2.47. The van der Waals surface area contributed by atoms with Crippen LogP contribution in [0.2, 0.25) is 10.0 Å². The van der Waals surface area contributed by atoms with Gasteiger partial charge in [0.1, 0.15) is 18.6 Å². The number of ether oxygens (including phenoxy) is 1. The number of fused-ring (bicyclic) bond motifs is 1. The number of rotatable bonds is 10. The number of sulfonamides is 1. The second-order valence-corrected chi connectivity index (χ2v) is 13.6. The molecule has 1 aliphatic carbocycles. The Kier molecular flexibility index (Phi) is 10.2. The van der Waals surface area contributed by atoms with Gasteiger partial charge in [0.15, 0.2) is 0 Å². The third-order valence-corrected chi connectivity index (χ3v) is 9.24. The molecule has 2 amide bonds. The van der Waals surface area contributed by atoms with E-state index in [1.54, 1.807) is 48.2 Å². The second kappa shape index (κ2) is 13.9. The molecule has 0 radical (unpaired) electrons. The van der Waals surface area contributed by atoms with Crippen molar-refractivity contribution in [2.24, 2.45) is 0 Å². The molecule has 240 valence electrons. The van der Waals surface area contributed by atoms with E-state index in [2.05, 4.69) is 10.2 Å². The first-order valence-electron chi connectivity index (χ1n) is 14.5. The molecule has 2 aromatic carbocycles. The van der Waals surface area contributed by atoms with E-state index in [0.717, 1.165) is 19.1 Å². The number of amides is 2. The zero-order chi connectivity index (χ0) is 32.3. The average Bonchev–Trinajstić information content (AvgIpc) is 3.46. The highest BCUT2D eigenvalue weighted by Gasteiger charge is 2.49. The molecule has 1 fully saturated rings. The van der Waals surface area contributed by atoms with Gasteiger partial charge in [-0.1, -0.05) is 60.3 Å². The Bertz CT molecular complexity index is 1700. The maximum absolute atomic E-state index is 14.3. The molecule has 45 heavy (non-hydrogen) atoms. The predicted molar refractivity (Wildman–Crippen MR) is 166 cm³/mol. The average molecular weight is 679 g/mol. The zero-order valence-electron chi connectivity index (χ0n) is 24.6. The van der Waals surface area contributed by atoms with Crippen molar-refractivity contribution in [3.8, 4) is 0 Å². The van der Waals surface area contributed by atoms with Crippen LogP contribution in [-0.2, 0) is 31.0 Å². The number of nitrogens with one attached hydrogen (secondary N) is 2. The summed E-state index contributed by atoms with van der Waals surface area (Å²) in [5, 5.41) is 0.617. The van der Waals surface area contributed by atoms with Gasteiger partial charge in [-0.3, -0.25) is 14.4 Å². The van der Waals surface area contributed by atoms with Crippen LogP contribution in [0, 0.1) is 0 Å². The Labute approximate surface area is 271 Å². The van der Waals surface area contributed by atoms with Gasteiger partial charge in [-0.05, 0) is 55.2 Å². The molecule has 0 spiro atoms. The third kappa shape index (κ3) is 7.36. The molecule has 14 heteroatoms. The lowest BCUT2D eigenvalue weighted by atomic mass is 9.76. The van der Waals surface area contributed by atoms with Gasteiger partial charge in [0, 0.05) is 27.7 Å². The van der Waals surface area contributed by atoms with Gasteiger partial charge < -0.3 is 14.1 Å². The minimum atomic E-state index is -3.61. The normalized spacial score (nSPS) is 21.7. The number of hydroxylamine groups is 1. The number of nitrogens with zero attached hydrogens (tertiary/aromatic N) is 1. The van der Waals surface area contributed by atoms with Gasteiger partial charge in [-0.2, -0.15) is 0 Å². The summed E-state index contributed by atoms with van der Waals surface area (Å²) in [6.45, 7) is 1.70. The smallest absolute Gasteiger partial charge is 0.341 e. The summed E-state index contributed by atoms with van der Waals surface area (Å²) in [5.74, 6) is -2.20. The number of benzene rings is 2. The Morgan fingerprint density at radius 3 is 2.56 bits per heavy atom. The highest BCUT2D eigenvalue weighted by atomic mass is 35.5. The van der Waals surface area contributed by atoms with Crippen molar-refractivity contribution in [1.29, 1.82) is 0 Å². The van der Waals surface area contributed by atoms with Gasteiger partial charge in [0.05, 0.1) is 30.4 Å². The SMILES string of the molecule is CCOC(=O)c1coc(CONC(=O)[C@@H]2c3ccccc3C(=O)N([C@H]3CCCC[C@@H]3NS(C)(=O)=O)[C@H]2c2ccc(Cl)cc2Cl)c1. The van der Waals surface area contributed by atoms with Crippen molar-refractivity contribution in [3.63, 3.8) is 0 Å². The van der Waals surface area contributed by atoms with E-state index in [4.69, 9.17) is 37.2 Å². The number of hydrogen-bond acceptors (Lipinski definition) is 8. The van der Waals surface area contributed by atoms with Gasteiger partial charge in [-0.15, -0.1) is 0 Å². The number of furan rings is 1. The molecule has 0 unspecified atom stereocenters. The maximum Gasteiger partial charge on any atom is 0.341 e. The lowest BCUT2D eigenvalue weighted by Gasteiger charge is -2.49. The van der Waals surface area contributed by atoms with E-state index in [-0.39, 0.29) is 35.5 Å². The van der Waals surface area contributed by atoms with Crippen LogP contribution in [0.3, 0.4) is 0 Å². The summed E-state index contributed by atoms with van der Waals surface area (Å²) in [5.41, 5.74) is 3.94. The summed E-state index contributed by atoms with van der Waals surface area (Å²) < 4.78 is 37.8. The fourth-order valence-corrected chi connectivity index (χ4v) is 7.49. The van der Waals surface area contributed by atoms with Gasteiger partial charge in [-0.25, -0.2) is 23.4 Å². The summed E-state index contributed by atoms with van der Waals surface area (Å²) in [6, 6.07) is 11.0. The van der Waals surface area contributed by atoms with Gasteiger partial charge >= 0.3 is 5.97 Å². The number of carbonyl (C=O) groups is 3. The molecule has 0 saturated heterocycles. The fourth-order valence-electron chi connectivity index (χ4n) is 6.15. The van der Waals surface area contributed by atoms with Crippen LogP contribution < -0.4 is 10.2 Å². The second-order valence-electron chi connectivity index (χ2n) is 11.0. The summed E-state index contributed by atoms with van der Waals surface area (Å²) in [4.78, 5) is 47.5. The largest absolute Gasteiger partial charge is 0.466 e. The van der Waals surface area contributed by atoms with Crippen LogP contribution in [0.4, 0.5) is 0 Å². The molecule has 3 aromatic rings. The van der Waals surface area contributed by atoms with Crippen LogP contribution in [0.25, 0.3) is 0 Å². The van der Waals surface area contributed by atoms with E-state index in [1.807, 2.05) is 0 Å². The summed E-state index contributed by atoms with van der Waals surface area (Å²) >= 11 is 13.0. The van der Waals surface area contributed by atoms with E-state index < -0.39 is 45.9 Å². The first-order chi connectivity index (χ1) is 21.5. The molecule has 0 bridgehead atoms. The van der Waals surface area contributed by atoms with Crippen LogP contribution in [0.1, 0.15) is 82.2 Å². The van der Waals surface area contributed by atoms with E-state index in [9.17, 15) is 22.8 Å². The highest BCUT2D eigenvalue weighted by molar-refractivity contribution is 7.88. The third-order valence-electron chi connectivity index (χ3n) is 7.94. The lowest BCUT2D eigenvalue weighted by Crippen LogP contribution is -2.59. The zero-order valence-corrected chi connectivity index (χ0v) is 27.0. The van der Waals surface area contributed by atoms with Crippen molar-refractivity contribution in [3.05, 3.63) is 92.9 Å². The van der Waals surface area contributed by atoms with Crippen LogP contribution >= 0.6 is 23.2 Å². The molecule has 5 rings (SSSR count). The molecule has 1 saturated carbocycles. The monoisotopic (exact) mass is 677 g/mol. The van der Waals surface area contributed by atoms with Crippen LogP contribution in [0.15, 0.2) is 59.2 Å². The molecule has 2 aliphatic rings. The number of halogens is 2. The van der Waals surface area contributed by atoms with Crippen molar-refractivity contribution in [2.45, 2.75) is 63.3 Å². The molecular weight excluding hydrogens is 645 g/mol. The minimum absolute atomic E-state index is 0.197. The van der Waals surface area contributed by atoms with Crippen LogP contribution in [-0.4, -0.2) is 56.0 Å². The molecular formula is C31H33Cl2N3O8S. The standard InChI is InChI=1S/C31H33Cl2N3O8S/c1-3-42-31(39)18-14-20(43-16-18)17-44-34-29(37)27-21-8-4-5-9-22(21)30(38)36(28(27)23-13-12-19(32)15-24(23)33)26-11-7-6-10-25(26)35-45(2,40)41/h4-5,8-9,12-16,25-28,35H,3,6-7,10-11,17H2,1-2H3,(H,34,37)/t25-,26-,27+,28-/m0/s1. The summed E-state index contributed by atoms with van der Waals surface area (Å²) in [6.07, 6.45) is 4.88. The summed E-state index contributed by atoms with van der Waals surface area (Å²) in [7, 11) is -3.61. The van der Waals surface area contributed by atoms with E-state index in [1.165, 1.54) is 18.4 Å².